The van der Waals surface area contributed by atoms with E-state index in [9.17, 15) is 8.78 Å². The van der Waals surface area contributed by atoms with Crippen molar-refractivity contribution in [3.63, 3.8) is 0 Å². The molecule has 4 aromatic heterocycles. The van der Waals surface area contributed by atoms with Crippen LogP contribution in [0.3, 0.4) is 0 Å². The Labute approximate surface area is 204 Å². The molecule has 1 fully saturated rings. The second kappa shape index (κ2) is 9.10. The van der Waals surface area contributed by atoms with E-state index in [0.717, 1.165) is 12.8 Å². The molecule has 3 N–H and O–H groups in total. The second-order valence-electron chi connectivity index (χ2n) is 8.45. The first-order chi connectivity index (χ1) is 16.8. The van der Waals surface area contributed by atoms with Gasteiger partial charge in [-0.15, -0.1) is 0 Å². The summed E-state index contributed by atoms with van der Waals surface area (Å²) in [7, 11) is 1.78. The zero-order valence-corrected chi connectivity index (χ0v) is 19.5. The number of ether oxygens (including phenoxy) is 1. The molecule has 5 rings (SSSR count). The predicted molar refractivity (Wildman–Crippen MR) is 126 cm³/mol. The maximum Gasteiger partial charge on any atom is 0.333 e. The number of anilines is 2. The molecule has 0 saturated heterocycles. The Morgan fingerprint density at radius 1 is 1.23 bits per heavy atom. The lowest BCUT2D eigenvalue weighted by molar-refractivity contribution is 0.0568. The first-order valence-corrected chi connectivity index (χ1v) is 11.2. The second-order valence-corrected chi connectivity index (χ2v) is 8.83. The van der Waals surface area contributed by atoms with Crippen molar-refractivity contribution in [3.8, 4) is 28.5 Å². The van der Waals surface area contributed by atoms with Crippen LogP contribution in [-0.4, -0.2) is 47.7 Å². The van der Waals surface area contributed by atoms with E-state index in [-0.39, 0.29) is 10.6 Å². The fraction of sp³-hybridized carbons (Fsp3) is 0.318. The molecule has 0 bridgehead atoms. The Kier molecular flexibility index (Phi) is 5.97. The van der Waals surface area contributed by atoms with Gasteiger partial charge in [0.2, 0.25) is 5.88 Å². The van der Waals surface area contributed by atoms with Crippen molar-refractivity contribution in [3.05, 3.63) is 48.1 Å². The SMILES string of the molecule is Cn1ncc(-c2nccc(N)n2)c1OCC1(CNc2cc(Cl)ncc2-c2ccn(C(F)F)n2)CC1. The minimum Gasteiger partial charge on any atom is -0.477 e. The highest BCUT2D eigenvalue weighted by molar-refractivity contribution is 6.29. The zero-order valence-electron chi connectivity index (χ0n) is 18.7. The van der Waals surface area contributed by atoms with Gasteiger partial charge in [0.25, 0.3) is 0 Å². The van der Waals surface area contributed by atoms with E-state index in [4.69, 9.17) is 22.1 Å². The van der Waals surface area contributed by atoms with Gasteiger partial charge >= 0.3 is 6.55 Å². The molecular formula is C22H22ClF2N9O. The van der Waals surface area contributed by atoms with Gasteiger partial charge < -0.3 is 15.8 Å². The highest BCUT2D eigenvalue weighted by Gasteiger charge is 2.44. The Hall–Kier alpha value is -3.80. The summed E-state index contributed by atoms with van der Waals surface area (Å²) in [4.78, 5) is 12.6. The summed E-state index contributed by atoms with van der Waals surface area (Å²) in [6, 6.07) is 4.79. The Morgan fingerprint density at radius 3 is 2.77 bits per heavy atom. The van der Waals surface area contributed by atoms with Crippen LogP contribution in [-0.2, 0) is 7.05 Å². The lowest BCUT2D eigenvalue weighted by Gasteiger charge is -2.19. The number of aryl methyl sites for hydroxylation is 1. The Balaban J connectivity index is 1.30. The van der Waals surface area contributed by atoms with Gasteiger partial charge in [-0.2, -0.15) is 19.0 Å². The van der Waals surface area contributed by atoms with Crippen LogP contribution in [0, 0.1) is 5.41 Å². The number of aromatic nitrogens is 7. The molecule has 4 aromatic rings. The number of nitrogens with one attached hydrogen (secondary N) is 1. The van der Waals surface area contributed by atoms with E-state index < -0.39 is 6.55 Å². The van der Waals surface area contributed by atoms with Gasteiger partial charge in [0.1, 0.15) is 16.5 Å². The third-order valence-electron chi connectivity index (χ3n) is 5.88. The van der Waals surface area contributed by atoms with Gasteiger partial charge in [0.05, 0.1) is 18.5 Å². The van der Waals surface area contributed by atoms with Gasteiger partial charge in [0, 0.05) is 48.8 Å². The largest absolute Gasteiger partial charge is 0.477 e. The van der Waals surface area contributed by atoms with Crippen LogP contribution >= 0.6 is 11.6 Å². The third-order valence-corrected chi connectivity index (χ3v) is 6.09. The van der Waals surface area contributed by atoms with Crippen molar-refractivity contribution >= 4 is 23.1 Å². The van der Waals surface area contributed by atoms with Crippen molar-refractivity contribution in [1.82, 2.24) is 34.5 Å². The summed E-state index contributed by atoms with van der Waals surface area (Å²) < 4.78 is 34.4. The molecule has 0 aliphatic heterocycles. The lowest BCUT2D eigenvalue weighted by Crippen LogP contribution is -2.23. The number of hydrogen-bond donors (Lipinski definition) is 2. The van der Waals surface area contributed by atoms with Crippen molar-refractivity contribution in [2.75, 3.05) is 24.2 Å². The summed E-state index contributed by atoms with van der Waals surface area (Å²) in [6.07, 6.45) is 7.89. The molecule has 182 valence electrons. The van der Waals surface area contributed by atoms with E-state index in [0.29, 0.717) is 57.9 Å². The number of nitrogens with zero attached hydrogens (tertiary/aromatic N) is 7. The van der Waals surface area contributed by atoms with Gasteiger partial charge in [-0.25, -0.2) is 24.3 Å². The van der Waals surface area contributed by atoms with Gasteiger partial charge in [0.15, 0.2) is 5.82 Å². The predicted octanol–water partition coefficient (Wildman–Crippen LogP) is 4.04. The standard InChI is InChI=1S/C22H22ClF2N9O/c1-33-20(14(10-30-33)19-27-6-2-18(26)31-19)35-12-22(4-5-22)11-29-16-8-17(23)28-9-13(16)15-3-7-34(32-15)21(24)25/h2-3,6-10,21H,4-5,11-12H2,1H3,(H,28,29)(H2,26,27,31). The average molecular weight is 502 g/mol. The Bertz CT molecular complexity index is 1350. The molecule has 4 heterocycles. The van der Waals surface area contributed by atoms with E-state index in [1.807, 2.05) is 0 Å². The molecule has 0 aromatic carbocycles. The molecule has 0 atom stereocenters. The molecule has 13 heteroatoms. The van der Waals surface area contributed by atoms with Gasteiger partial charge in [-0.3, -0.25) is 0 Å². The molecule has 1 aliphatic carbocycles. The summed E-state index contributed by atoms with van der Waals surface area (Å²) >= 11 is 6.11. The van der Waals surface area contributed by atoms with E-state index in [1.165, 1.54) is 18.5 Å². The minimum atomic E-state index is -2.72. The van der Waals surface area contributed by atoms with Crippen molar-refractivity contribution < 1.29 is 13.5 Å². The summed E-state index contributed by atoms with van der Waals surface area (Å²) in [5, 5.41) is 11.9. The zero-order chi connectivity index (χ0) is 24.6. The van der Waals surface area contributed by atoms with E-state index >= 15 is 0 Å². The summed E-state index contributed by atoms with van der Waals surface area (Å²) in [5.74, 6) is 1.35. The number of rotatable bonds is 9. The smallest absolute Gasteiger partial charge is 0.333 e. The van der Waals surface area contributed by atoms with Crippen LogP contribution in [0.25, 0.3) is 22.6 Å². The van der Waals surface area contributed by atoms with Crippen molar-refractivity contribution in [2.24, 2.45) is 12.5 Å². The monoisotopic (exact) mass is 501 g/mol. The normalized spacial score (nSPS) is 14.3. The van der Waals surface area contributed by atoms with Crippen LogP contribution in [0.1, 0.15) is 19.4 Å². The summed E-state index contributed by atoms with van der Waals surface area (Å²) in [5.41, 5.74) is 7.95. The number of nitrogens with two attached hydrogens (primary N) is 1. The number of nitrogen functional groups attached to an aromatic ring is 1. The fourth-order valence-corrected chi connectivity index (χ4v) is 3.83. The molecule has 1 aliphatic rings. The third kappa shape index (κ3) is 4.87. The summed E-state index contributed by atoms with van der Waals surface area (Å²) in [6.45, 7) is -1.71. The van der Waals surface area contributed by atoms with Gasteiger partial charge in [-0.05, 0) is 31.0 Å². The quantitative estimate of drug-likeness (QED) is 0.329. The number of alkyl halides is 2. The maximum absolute atomic E-state index is 13.0. The van der Waals surface area contributed by atoms with Crippen LogP contribution in [0.2, 0.25) is 5.15 Å². The fourth-order valence-electron chi connectivity index (χ4n) is 3.68. The molecule has 35 heavy (non-hydrogen) atoms. The molecule has 0 unspecified atom stereocenters. The number of hydrogen-bond acceptors (Lipinski definition) is 8. The molecule has 10 nitrogen and oxygen atoms in total. The minimum absolute atomic E-state index is 0.118. The molecule has 1 saturated carbocycles. The van der Waals surface area contributed by atoms with Crippen molar-refractivity contribution in [2.45, 2.75) is 19.4 Å². The Morgan fingerprint density at radius 2 is 2.06 bits per heavy atom. The first kappa shape index (κ1) is 23.0. The first-order valence-electron chi connectivity index (χ1n) is 10.8. The molecule has 0 amide bonds. The highest BCUT2D eigenvalue weighted by atomic mass is 35.5. The molecule has 0 radical (unpaired) electrons. The van der Waals surface area contributed by atoms with Crippen LogP contribution in [0.4, 0.5) is 20.3 Å². The van der Waals surface area contributed by atoms with Crippen molar-refractivity contribution in [1.29, 1.82) is 0 Å². The van der Waals surface area contributed by atoms with Crippen LogP contribution in [0.15, 0.2) is 43.0 Å². The molecular weight excluding hydrogens is 480 g/mol. The number of pyridine rings is 1. The molecule has 0 spiro atoms. The van der Waals surface area contributed by atoms with E-state index in [2.05, 4.69) is 30.5 Å². The number of halogens is 3. The maximum atomic E-state index is 13.0. The topological polar surface area (TPSA) is 122 Å². The van der Waals surface area contributed by atoms with Crippen LogP contribution in [0.5, 0.6) is 5.88 Å². The lowest BCUT2D eigenvalue weighted by atomic mass is 10.1. The highest BCUT2D eigenvalue weighted by Crippen LogP contribution is 2.47. The van der Waals surface area contributed by atoms with Crippen LogP contribution < -0.4 is 15.8 Å². The van der Waals surface area contributed by atoms with E-state index in [1.54, 1.807) is 36.3 Å². The average Bonchev–Trinajstić information content (AvgIpc) is 3.24. The van der Waals surface area contributed by atoms with Gasteiger partial charge in [-0.1, -0.05) is 11.6 Å².